The van der Waals surface area contributed by atoms with Crippen molar-refractivity contribution in [1.82, 2.24) is 10.0 Å². The van der Waals surface area contributed by atoms with Gasteiger partial charge in [0.2, 0.25) is 10.0 Å². The van der Waals surface area contributed by atoms with E-state index < -0.39 is 10.0 Å². The molecule has 18 heavy (non-hydrogen) atoms. The highest BCUT2D eigenvalue weighted by molar-refractivity contribution is 9.12. The fourth-order valence-electron chi connectivity index (χ4n) is 1.91. The van der Waals surface area contributed by atoms with Crippen molar-refractivity contribution in [2.24, 2.45) is 0 Å². The van der Waals surface area contributed by atoms with Crippen LogP contribution in [0.5, 0.6) is 0 Å². The minimum Gasteiger partial charge on any atom is -0.315 e. The molecule has 1 aliphatic rings. The zero-order valence-electron chi connectivity index (χ0n) is 9.58. The molecule has 0 aromatic carbocycles. The van der Waals surface area contributed by atoms with Crippen LogP contribution >= 0.6 is 43.2 Å². The van der Waals surface area contributed by atoms with E-state index in [-0.39, 0.29) is 6.04 Å². The van der Waals surface area contributed by atoms with Crippen molar-refractivity contribution < 1.29 is 8.42 Å². The zero-order valence-corrected chi connectivity index (χ0v) is 14.4. The first-order valence-electron chi connectivity index (χ1n) is 5.67. The van der Waals surface area contributed by atoms with Gasteiger partial charge in [0, 0.05) is 12.6 Å². The van der Waals surface area contributed by atoms with Gasteiger partial charge in [-0.1, -0.05) is 6.42 Å². The Morgan fingerprint density at radius 2 is 2.17 bits per heavy atom. The van der Waals surface area contributed by atoms with Crippen molar-refractivity contribution in [3.8, 4) is 0 Å². The van der Waals surface area contributed by atoms with Gasteiger partial charge in [0.15, 0.2) is 0 Å². The summed E-state index contributed by atoms with van der Waals surface area (Å²) in [6.45, 7) is 1.66. The normalized spacial score (nSPS) is 21.8. The van der Waals surface area contributed by atoms with Crippen molar-refractivity contribution in [3.63, 3.8) is 0 Å². The molecule has 1 aliphatic heterocycles. The van der Waals surface area contributed by atoms with Gasteiger partial charge < -0.3 is 5.32 Å². The Morgan fingerprint density at radius 1 is 1.39 bits per heavy atom. The Kier molecular flexibility index (Phi) is 5.24. The SMILES string of the molecule is O=S(=O)(NC1CCCCNC1)c1cc(Br)sc1Br. The van der Waals surface area contributed by atoms with E-state index in [0.29, 0.717) is 15.2 Å². The topological polar surface area (TPSA) is 58.2 Å². The molecule has 8 heteroatoms. The molecule has 2 rings (SSSR count). The molecule has 4 nitrogen and oxygen atoms in total. The number of thiophene rings is 1. The lowest BCUT2D eigenvalue weighted by atomic mass is 10.2. The number of rotatable bonds is 3. The minimum absolute atomic E-state index is 0.0249. The summed E-state index contributed by atoms with van der Waals surface area (Å²) in [6, 6.07) is 1.60. The fraction of sp³-hybridized carbons (Fsp3) is 0.600. The molecule has 0 amide bonds. The highest BCUT2D eigenvalue weighted by atomic mass is 79.9. The van der Waals surface area contributed by atoms with Crippen LogP contribution in [0.15, 0.2) is 18.5 Å². The molecule has 0 saturated carbocycles. The second-order valence-corrected chi connectivity index (χ2v) is 9.64. The van der Waals surface area contributed by atoms with Gasteiger partial charge in [-0.2, -0.15) is 0 Å². The molecule has 2 N–H and O–H groups in total. The average molecular weight is 418 g/mol. The van der Waals surface area contributed by atoms with Crippen LogP contribution < -0.4 is 10.0 Å². The number of hydrogen-bond donors (Lipinski definition) is 2. The molecule has 102 valence electrons. The summed E-state index contributed by atoms with van der Waals surface area (Å²) in [4.78, 5) is 0.309. The molecule has 0 radical (unpaired) electrons. The van der Waals surface area contributed by atoms with E-state index in [1.54, 1.807) is 6.07 Å². The fourth-order valence-corrected chi connectivity index (χ4v) is 6.99. The Balaban J connectivity index is 2.13. The van der Waals surface area contributed by atoms with Gasteiger partial charge in [0.25, 0.3) is 0 Å². The minimum atomic E-state index is -3.44. The van der Waals surface area contributed by atoms with Gasteiger partial charge in [-0.05, 0) is 57.3 Å². The van der Waals surface area contributed by atoms with E-state index in [4.69, 9.17) is 0 Å². The second-order valence-electron chi connectivity index (χ2n) is 4.21. The summed E-state index contributed by atoms with van der Waals surface area (Å²) in [7, 11) is -3.44. The number of sulfonamides is 1. The first-order chi connectivity index (χ1) is 8.49. The Labute approximate surface area is 128 Å². The van der Waals surface area contributed by atoms with Crippen LogP contribution in [0.2, 0.25) is 0 Å². The molecule has 1 unspecified atom stereocenters. The van der Waals surface area contributed by atoms with Crippen LogP contribution in [0.1, 0.15) is 19.3 Å². The van der Waals surface area contributed by atoms with E-state index in [1.165, 1.54) is 11.3 Å². The second kappa shape index (κ2) is 6.32. The summed E-state index contributed by atoms with van der Waals surface area (Å²) in [5.74, 6) is 0. The maximum absolute atomic E-state index is 12.3. The van der Waals surface area contributed by atoms with Crippen LogP contribution in [0, 0.1) is 0 Å². The van der Waals surface area contributed by atoms with Gasteiger partial charge in [-0.25, -0.2) is 13.1 Å². The van der Waals surface area contributed by atoms with Crippen molar-refractivity contribution in [2.75, 3.05) is 13.1 Å². The van der Waals surface area contributed by atoms with Crippen LogP contribution in [-0.4, -0.2) is 27.5 Å². The van der Waals surface area contributed by atoms with Crippen LogP contribution in [-0.2, 0) is 10.0 Å². The van der Waals surface area contributed by atoms with E-state index in [9.17, 15) is 8.42 Å². The average Bonchev–Trinajstić information content (AvgIpc) is 2.51. The quantitative estimate of drug-likeness (QED) is 0.794. The number of hydrogen-bond acceptors (Lipinski definition) is 4. The van der Waals surface area contributed by atoms with Gasteiger partial charge in [0.1, 0.15) is 4.90 Å². The Morgan fingerprint density at radius 3 is 2.83 bits per heavy atom. The summed E-state index contributed by atoms with van der Waals surface area (Å²) in [5, 5.41) is 3.25. The molecule has 1 aromatic heterocycles. The van der Waals surface area contributed by atoms with Crippen molar-refractivity contribution in [3.05, 3.63) is 13.6 Å². The molecule has 0 aliphatic carbocycles. The third kappa shape index (κ3) is 3.77. The van der Waals surface area contributed by atoms with Crippen molar-refractivity contribution >= 4 is 53.2 Å². The summed E-state index contributed by atoms with van der Waals surface area (Å²) >= 11 is 7.94. The maximum atomic E-state index is 12.3. The third-order valence-electron chi connectivity index (χ3n) is 2.78. The first-order valence-corrected chi connectivity index (χ1v) is 9.55. The predicted molar refractivity (Wildman–Crippen MR) is 80.5 cm³/mol. The van der Waals surface area contributed by atoms with E-state index >= 15 is 0 Å². The van der Waals surface area contributed by atoms with Gasteiger partial charge in [-0.15, -0.1) is 11.3 Å². The molecule has 1 aromatic rings. The third-order valence-corrected chi connectivity index (χ3v) is 7.06. The summed E-state index contributed by atoms with van der Waals surface area (Å²) in [6.07, 6.45) is 3.04. The van der Waals surface area contributed by atoms with Gasteiger partial charge >= 0.3 is 0 Å². The van der Waals surface area contributed by atoms with Crippen LogP contribution in [0.4, 0.5) is 0 Å². The summed E-state index contributed by atoms with van der Waals surface area (Å²) in [5.41, 5.74) is 0. The monoisotopic (exact) mass is 416 g/mol. The standard InChI is InChI=1S/C10H14Br2N2O2S2/c11-9-5-8(10(12)17-9)18(15,16)14-7-3-1-2-4-13-6-7/h5,7,13-14H,1-4,6H2. The Bertz CT molecular complexity index is 508. The summed E-state index contributed by atoms with van der Waals surface area (Å²) < 4.78 is 28.7. The van der Waals surface area contributed by atoms with Crippen LogP contribution in [0.25, 0.3) is 0 Å². The zero-order chi connectivity index (χ0) is 13.2. The van der Waals surface area contributed by atoms with Crippen molar-refractivity contribution in [2.45, 2.75) is 30.2 Å². The van der Waals surface area contributed by atoms with Gasteiger partial charge in [-0.3, -0.25) is 0 Å². The van der Waals surface area contributed by atoms with E-state index in [2.05, 4.69) is 41.9 Å². The predicted octanol–water partition coefficient (Wildman–Crippen LogP) is 2.69. The number of halogens is 2. The lowest BCUT2D eigenvalue weighted by molar-refractivity contribution is 0.521. The number of nitrogens with one attached hydrogen (secondary N) is 2. The van der Waals surface area contributed by atoms with Gasteiger partial charge in [0.05, 0.1) is 7.57 Å². The van der Waals surface area contributed by atoms with Crippen molar-refractivity contribution in [1.29, 1.82) is 0 Å². The molecule has 1 fully saturated rings. The molecular formula is C10H14Br2N2O2S2. The molecule has 2 heterocycles. The molecule has 0 bridgehead atoms. The largest absolute Gasteiger partial charge is 0.315 e. The smallest absolute Gasteiger partial charge is 0.242 e. The van der Waals surface area contributed by atoms with Crippen LogP contribution in [0.3, 0.4) is 0 Å². The first kappa shape index (κ1) is 14.9. The maximum Gasteiger partial charge on any atom is 0.242 e. The highest BCUT2D eigenvalue weighted by Gasteiger charge is 2.24. The Hall–Kier alpha value is 0.530. The van der Waals surface area contributed by atoms with E-state index in [1.807, 2.05) is 0 Å². The highest BCUT2D eigenvalue weighted by Crippen LogP contribution is 2.34. The molecule has 0 spiro atoms. The molecule has 1 saturated heterocycles. The van der Waals surface area contributed by atoms with E-state index in [0.717, 1.165) is 29.6 Å². The molecular weight excluding hydrogens is 404 g/mol. The molecule has 1 atom stereocenters. The lowest BCUT2D eigenvalue weighted by Gasteiger charge is -2.16. The lowest BCUT2D eigenvalue weighted by Crippen LogP contribution is -2.40.